The largest absolute Gasteiger partial charge is 0.496 e. The van der Waals surface area contributed by atoms with E-state index >= 15 is 0 Å². The lowest BCUT2D eigenvalue weighted by atomic mass is 10.1. The number of nitro groups is 1. The number of carbonyl (C=O) groups is 3. The van der Waals surface area contributed by atoms with Crippen LogP contribution in [-0.2, 0) is 9.59 Å². The van der Waals surface area contributed by atoms with Crippen LogP contribution in [0.3, 0.4) is 0 Å². The zero-order valence-electron chi connectivity index (χ0n) is 15.7. The van der Waals surface area contributed by atoms with E-state index in [1.54, 1.807) is 6.07 Å². The van der Waals surface area contributed by atoms with E-state index in [0.29, 0.717) is 4.90 Å². The average molecular weight is 432 g/mol. The van der Waals surface area contributed by atoms with Crippen LogP contribution in [0.15, 0.2) is 52.7 Å². The number of nitro benzene ring substituents is 1. The minimum Gasteiger partial charge on any atom is -0.496 e. The molecule has 30 heavy (non-hydrogen) atoms. The molecule has 2 aromatic rings. The molecule has 4 amide bonds. The standard InChI is InChI=1S/C18H14ClN5O6/c1-22-16(25)15(17(26)23(18(22)27)11-5-3-4-10(19)8-11)21-20-13-7-6-12(30-2)9-14(13)24(28)29/h3-9,15H,1-2H3/t15-/m0/s1. The van der Waals surface area contributed by atoms with Crippen LogP contribution in [0.4, 0.5) is 21.9 Å². The fraction of sp³-hybridized carbons (Fsp3) is 0.167. The third-order valence-electron chi connectivity index (χ3n) is 4.22. The van der Waals surface area contributed by atoms with Crippen molar-refractivity contribution >= 4 is 46.5 Å². The number of anilines is 1. The molecule has 12 heteroatoms. The lowest BCUT2D eigenvalue weighted by molar-refractivity contribution is -0.384. The first-order chi connectivity index (χ1) is 14.2. The number of azo groups is 1. The molecule has 0 saturated carbocycles. The highest BCUT2D eigenvalue weighted by atomic mass is 35.5. The van der Waals surface area contributed by atoms with Crippen molar-refractivity contribution in [1.82, 2.24) is 4.90 Å². The number of likely N-dealkylation sites (N-methyl/N-ethyl adjacent to an activating group) is 1. The second-order valence-corrected chi connectivity index (χ2v) is 6.50. The number of hydrogen-bond acceptors (Lipinski definition) is 8. The monoisotopic (exact) mass is 431 g/mol. The fourth-order valence-electron chi connectivity index (χ4n) is 2.68. The first kappa shape index (κ1) is 20.9. The Kier molecular flexibility index (Phi) is 5.74. The second-order valence-electron chi connectivity index (χ2n) is 6.06. The van der Waals surface area contributed by atoms with E-state index < -0.39 is 34.5 Å². The summed E-state index contributed by atoms with van der Waals surface area (Å²) in [6.07, 6.45) is 0. The number of methoxy groups -OCH3 is 1. The summed E-state index contributed by atoms with van der Waals surface area (Å²) < 4.78 is 4.94. The minimum atomic E-state index is -1.70. The summed E-state index contributed by atoms with van der Waals surface area (Å²) in [6, 6.07) is 7.17. The van der Waals surface area contributed by atoms with E-state index in [-0.39, 0.29) is 22.1 Å². The van der Waals surface area contributed by atoms with Gasteiger partial charge in [0, 0.05) is 12.1 Å². The first-order valence-electron chi connectivity index (χ1n) is 8.39. The summed E-state index contributed by atoms with van der Waals surface area (Å²) in [4.78, 5) is 49.8. The normalized spacial score (nSPS) is 17.0. The number of benzene rings is 2. The third-order valence-corrected chi connectivity index (χ3v) is 4.46. The maximum Gasteiger partial charge on any atom is 0.337 e. The Morgan fingerprint density at radius 1 is 1.13 bits per heavy atom. The van der Waals surface area contributed by atoms with Gasteiger partial charge in [-0.3, -0.25) is 24.6 Å². The topological polar surface area (TPSA) is 135 Å². The Morgan fingerprint density at radius 3 is 2.50 bits per heavy atom. The second kappa shape index (κ2) is 8.25. The molecule has 1 fully saturated rings. The maximum absolute atomic E-state index is 12.9. The minimum absolute atomic E-state index is 0.146. The van der Waals surface area contributed by atoms with Crippen LogP contribution >= 0.6 is 11.6 Å². The number of imide groups is 2. The predicted molar refractivity (Wildman–Crippen MR) is 105 cm³/mol. The third kappa shape index (κ3) is 3.82. The van der Waals surface area contributed by atoms with E-state index in [1.807, 2.05) is 0 Å². The SMILES string of the molecule is COc1ccc(N=N[C@H]2C(=O)N(C)C(=O)N(c3cccc(Cl)c3)C2=O)c([N+](=O)[O-])c1. The van der Waals surface area contributed by atoms with Gasteiger partial charge in [0.1, 0.15) is 5.75 Å². The fourth-order valence-corrected chi connectivity index (χ4v) is 2.87. The van der Waals surface area contributed by atoms with Crippen LogP contribution in [0.25, 0.3) is 0 Å². The number of rotatable bonds is 5. The van der Waals surface area contributed by atoms with Crippen molar-refractivity contribution in [2.24, 2.45) is 10.2 Å². The average Bonchev–Trinajstić information content (AvgIpc) is 2.72. The van der Waals surface area contributed by atoms with E-state index in [4.69, 9.17) is 16.3 Å². The van der Waals surface area contributed by atoms with Crippen molar-refractivity contribution in [1.29, 1.82) is 0 Å². The quantitative estimate of drug-likeness (QED) is 0.308. The van der Waals surface area contributed by atoms with Gasteiger partial charge >= 0.3 is 6.03 Å². The molecule has 0 spiro atoms. The highest BCUT2D eigenvalue weighted by molar-refractivity contribution is 6.32. The molecular weight excluding hydrogens is 418 g/mol. The molecule has 0 aliphatic carbocycles. The smallest absolute Gasteiger partial charge is 0.337 e. The van der Waals surface area contributed by atoms with Crippen molar-refractivity contribution in [3.8, 4) is 5.75 Å². The molecule has 11 nitrogen and oxygen atoms in total. The molecule has 0 unspecified atom stereocenters. The van der Waals surface area contributed by atoms with Gasteiger partial charge < -0.3 is 4.74 Å². The van der Waals surface area contributed by atoms with Gasteiger partial charge in [0.05, 0.1) is 23.8 Å². The maximum atomic E-state index is 12.9. The molecular formula is C18H14ClN5O6. The molecule has 0 radical (unpaired) electrons. The number of urea groups is 1. The zero-order chi connectivity index (χ0) is 22.0. The molecule has 1 aliphatic heterocycles. The van der Waals surface area contributed by atoms with Crippen molar-refractivity contribution in [2.45, 2.75) is 6.04 Å². The Morgan fingerprint density at radius 2 is 1.87 bits per heavy atom. The van der Waals surface area contributed by atoms with Crippen LogP contribution < -0.4 is 9.64 Å². The molecule has 1 heterocycles. The molecule has 1 aliphatic rings. The predicted octanol–water partition coefficient (Wildman–Crippen LogP) is 3.33. The van der Waals surface area contributed by atoms with Crippen LogP contribution in [-0.4, -0.2) is 47.9 Å². The number of halogens is 1. The van der Waals surface area contributed by atoms with Crippen LogP contribution in [0.1, 0.15) is 0 Å². The van der Waals surface area contributed by atoms with Crippen LogP contribution in [0.2, 0.25) is 5.02 Å². The highest BCUT2D eigenvalue weighted by Crippen LogP contribution is 2.32. The first-order valence-corrected chi connectivity index (χ1v) is 8.76. The van der Waals surface area contributed by atoms with E-state index in [0.717, 1.165) is 11.0 Å². The lowest BCUT2D eigenvalue weighted by Gasteiger charge is -2.32. The summed E-state index contributed by atoms with van der Waals surface area (Å²) in [5.74, 6) is -1.64. The van der Waals surface area contributed by atoms with Gasteiger partial charge in [-0.25, -0.2) is 9.69 Å². The van der Waals surface area contributed by atoms with Gasteiger partial charge in [-0.15, -0.1) is 5.11 Å². The Balaban J connectivity index is 1.99. The van der Waals surface area contributed by atoms with Crippen molar-refractivity contribution in [3.63, 3.8) is 0 Å². The van der Waals surface area contributed by atoms with Gasteiger partial charge in [-0.2, -0.15) is 5.11 Å². The number of nitrogens with zero attached hydrogens (tertiary/aromatic N) is 5. The van der Waals surface area contributed by atoms with Crippen LogP contribution in [0.5, 0.6) is 5.75 Å². The van der Waals surface area contributed by atoms with Gasteiger partial charge in [-0.1, -0.05) is 17.7 Å². The van der Waals surface area contributed by atoms with E-state index in [9.17, 15) is 24.5 Å². The van der Waals surface area contributed by atoms with Gasteiger partial charge in [-0.05, 0) is 30.3 Å². The number of carbonyl (C=O) groups excluding carboxylic acids is 3. The molecule has 2 aromatic carbocycles. The Hall–Kier alpha value is -3.86. The molecule has 1 atom stereocenters. The summed E-state index contributed by atoms with van der Waals surface area (Å²) in [5, 5.41) is 19.0. The van der Waals surface area contributed by atoms with E-state index in [1.165, 1.54) is 44.5 Å². The Labute approximate surface area is 174 Å². The summed E-state index contributed by atoms with van der Waals surface area (Å²) in [5.41, 5.74) is -0.465. The summed E-state index contributed by atoms with van der Waals surface area (Å²) >= 11 is 5.93. The van der Waals surface area contributed by atoms with Crippen molar-refractivity contribution < 1.29 is 24.0 Å². The van der Waals surface area contributed by atoms with Gasteiger partial charge in [0.25, 0.3) is 17.5 Å². The number of hydrogen-bond donors (Lipinski definition) is 0. The molecule has 0 aromatic heterocycles. The van der Waals surface area contributed by atoms with Crippen molar-refractivity contribution in [2.75, 3.05) is 19.1 Å². The molecule has 0 bridgehead atoms. The van der Waals surface area contributed by atoms with Crippen LogP contribution in [0, 0.1) is 10.1 Å². The van der Waals surface area contributed by atoms with Gasteiger partial charge in [0.15, 0.2) is 5.69 Å². The Bertz CT molecular complexity index is 1090. The molecule has 0 N–H and O–H groups in total. The molecule has 1 saturated heterocycles. The number of ether oxygens (including phenoxy) is 1. The van der Waals surface area contributed by atoms with Crippen molar-refractivity contribution in [3.05, 3.63) is 57.6 Å². The molecule has 154 valence electrons. The highest BCUT2D eigenvalue weighted by Gasteiger charge is 2.45. The summed E-state index contributed by atoms with van der Waals surface area (Å²) in [6.45, 7) is 0. The number of barbiturate groups is 1. The van der Waals surface area contributed by atoms with E-state index in [2.05, 4.69) is 10.2 Å². The number of amides is 4. The zero-order valence-corrected chi connectivity index (χ0v) is 16.4. The van der Waals surface area contributed by atoms with Gasteiger partial charge in [0.2, 0.25) is 6.04 Å². The summed E-state index contributed by atoms with van der Waals surface area (Å²) in [7, 11) is 2.53. The lowest BCUT2D eigenvalue weighted by Crippen LogP contribution is -2.60. The molecule has 3 rings (SSSR count).